The third-order valence-corrected chi connectivity index (χ3v) is 4.58. The number of hydrogen-bond donors (Lipinski definition) is 2. The van der Waals surface area contributed by atoms with E-state index in [0.29, 0.717) is 12.2 Å². The molecule has 0 bridgehead atoms. The molecule has 1 aromatic rings. The molecule has 1 aromatic carbocycles. The summed E-state index contributed by atoms with van der Waals surface area (Å²) in [6, 6.07) is 5.91. The SMILES string of the molecule is CCO[C@H]1C[C@@H](NC(=O)CNC(=O)Cc2cccc(F)c2)C1(C)C. The predicted molar refractivity (Wildman–Crippen MR) is 88.9 cm³/mol. The number of amides is 2. The molecule has 24 heavy (non-hydrogen) atoms. The number of ether oxygens (including phenoxy) is 1. The van der Waals surface area contributed by atoms with Crippen LogP contribution in [-0.4, -0.2) is 37.1 Å². The summed E-state index contributed by atoms with van der Waals surface area (Å²) in [4.78, 5) is 23.8. The molecule has 1 aliphatic carbocycles. The third-order valence-electron chi connectivity index (χ3n) is 4.58. The van der Waals surface area contributed by atoms with Crippen molar-refractivity contribution < 1.29 is 18.7 Å². The van der Waals surface area contributed by atoms with Gasteiger partial charge in [0.2, 0.25) is 11.8 Å². The minimum absolute atomic E-state index is 0.0432. The molecule has 0 aromatic heterocycles. The maximum absolute atomic E-state index is 13.1. The van der Waals surface area contributed by atoms with Gasteiger partial charge in [-0.1, -0.05) is 26.0 Å². The maximum Gasteiger partial charge on any atom is 0.239 e. The number of rotatable bonds is 7. The average molecular weight is 336 g/mol. The number of nitrogens with one attached hydrogen (secondary N) is 2. The summed E-state index contributed by atoms with van der Waals surface area (Å²) >= 11 is 0. The topological polar surface area (TPSA) is 67.4 Å². The Bertz CT molecular complexity index is 604. The van der Waals surface area contributed by atoms with Crippen molar-refractivity contribution in [3.05, 3.63) is 35.6 Å². The first-order valence-electron chi connectivity index (χ1n) is 8.25. The van der Waals surface area contributed by atoms with Crippen molar-refractivity contribution in [2.75, 3.05) is 13.2 Å². The Morgan fingerprint density at radius 2 is 2.08 bits per heavy atom. The molecule has 1 saturated carbocycles. The Hall–Kier alpha value is -1.95. The lowest BCUT2D eigenvalue weighted by Crippen LogP contribution is -2.62. The lowest BCUT2D eigenvalue weighted by molar-refractivity contribution is -0.137. The quantitative estimate of drug-likeness (QED) is 0.798. The van der Waals surface area contributed by atoms with Gasteiger partial charge in [0, 0.05) is 18.1 Å². The number of benzene rings is 1. The summed E-state index contributed by atoms with van der Waals surface area (Å²) in [5, 5.41) is 5.49. The van der Waals surface area contributed by atoms with Crippen LogP contribution in [0.3, 0.4) is 0 Å². The highest BCUT2D eigenvalue weighted by atomic mass is 19.1. The van der Waals surface area contributed by atoms with Gasteiger partial charge in [-0.05, 0) is 31.0 Å². The van der Waals surface area contributed by atoms with E-state index in [1.165, 1.54) is 12.1 Å². The van der Waals surface area contributed by atoms with Crippen molar-refractivity contribution in [1.82, 2.24) is 10.6 Å². The average Bonchev–Trinajstić information content (AvgIpc) is 2.52. The van der Waals surface area contributed by atoms with Crippen LogP contribution in [0.25, 0.3) is 0 Å². The van der Waals surface area contributed by atoms with Gasteiger partial charge in [-0.25, -0.2) is 4.39 Å². The molecule has 0 radical (unpaired) electrons. The summed E-state index contributed by atoms with van der Waals surface area (Å²) < 4.78 is 18.7. The summed E-state index contributed by atoms with van der Waals surface area (Å²) in [6.45, 7) is 6.65. The Labute approximate surface area is 142 Å². The standard InChI is InChI=1S/C18H25FN2O3/c1-4-24-15-10-14(18(15,2)3)21-17(23)11-20-16(22)9-12-6-5-7-13(19)8-12/h5-8,14-15H,4,9-11H2,1-3H3,(H,20,22)(H,21,23)/t14-,15+/m1/s1. The van der Waals surface area contributed by atoms with Crippen LogP contribution in [0.4, 0.5) is 4.39 Å². The van der Waals surface area contributed by atoms with Gasteiger partial charge in [0.15, 0.2) is 0 Å². The summed E-state index contributed by atoms with van der Waals surface area (Å²) in [6.07, 6.45) is 0.978. The second-order valence-electron chi connectivity index (χ2n) is 6.70. The Kier molecular flexibility index (Phi) is 5.94. The molecule has 0 unspecified atom stereocenters. The maximum atomic E-state index is 13.1. The van der Waals surface area contributed by atoms with Crippen molar-refractivity contribution in [3.8, 4) is 0 Å². The number of carbonyl (C=O) groups is 2. The molecular weight excluding hydrogens is 311 g/mol. The van der Waals surface area contributed by atoms with Crippen LogP contribution in [-0.2, 0) is 20.7 Å². The highest BCUT2D eigenvalue weighted by Gasteiger charge is 2.49. The highest BCUT2D eigenvalue weighted by Crippen LogP contribution is 2.42. The van der Waals surface area contributed by atoms with Crippen LogP contribution in [0, 0.1) is 11.2 Å². The lowest BCUT2D eigenvalue weighted by atomic mass is 9.64. The van der Waals surface area contributed by atoms with E-state index < -0.39 is 0 Å². The monoisotopic (exact) mass is 336 g/mol. The zero-order chi connectivity index (χ0) is 17.7. The zero-order valence-electron chi connectivity index (χ0n) is 14.4. The Morgan fingerprint density at radius 3 is 2.71 bits per heavy atom. The van der Waals surface area contributed by atoms with Crippen LogP contribution in [0.5, 0.6) is 0 Å². The molecule has 1 aliphatic rings. The molecule has 0 spiro atoms. The molecule has 1 fully saturated rings. The van der Waals surface area contributed by atoms with Crippen molar-refractivity contribution in [1.29, 1.82) is 0 Å². The first-order valence-corrected chi connectivity index (χ1v) is 8.25. The largest absolute Gasteiger partial charge is 0.378 e. The van der Waals surface area contributed by atoms with Crippen LogP contribution in [0.2, 0.25) is 0 Å². The van der Waals surface area contributed by atoms with E-state index in [2.05, 4.69) is 24.5 Å². The fourth-order valence-electron chi connectivity index (χ4n) is 2.93. The number of halogens is 1. The minimum atomic E-state index is -0.380. The van der Waals surface area contributed by atoms with Gasteiger partial charge in [-0.3, -0.25) is 9.59 Å². The van der Waals surface area contributed by atoms with E-state index in [-0.39, 0.29) is 48.2 Å². The lowest BCUT2D eigenvalue weighted by Gasteiger charge is -2.51. The fraction of sp³-hybridized carbons (Fsp3) is 0.556. The third kappa shape index (κ3) is 4.54. The van der Waals surface area contributed by atoms with Gasteiger partial charge < -0.3 is 15.4 Å². The zero-order valence-corrected chi connectivity index (χ0v) is 14.4. The van der Waals surface area contributed by atoms with Crippen molar-refractivity contribution in [2.24, 2.45) is 5.41 Å². The van der Waals surface area contributed by atoms with Crippen molar-refractivity contribution in [2.45, 2.75) is 45.8 Å². The number of hydrogen-bond acceptors (Lipinski definition) is 3. The Morgan fingerprint density at radius 1 is 1.33 bits per heavy atom. The molecule has 5 nitrogen and oxygen atoms in total. The molecule has 132 valence electrons. The molecule has 2 N–H and O–H groups in total. The van der Waals surface area contributed by atoms with E-state index in [4.69, 9.17) is 4.74 Å². The van der Waals surface area contributed by atoms with Crippen LogP contribution in [0.1, 0.15) is 32.8 Å². The number of carbonyl (C=O) groups excluding carboxylic acids is 2. The summed E-state index contributed by atoms with van der Waals surface area (Å²) in [7, 11) is 0. The first kappa shape index (κ1) is 18.4. The van der Waals surface area contributed by atoms with E-state index in [1.807, 2.05) is 6.92 Å². The van der Waals surface area contributed by atoms with Crippen LogP contribution < -0.4 is 10.6 Å². The molecule has 2 amide bonds. The van der Waals surface area contributed by atoms with Gasteiger partial charge in [0.05, 0.1) is 19.1 Å². The molecule has 0 saturated heterocycles. The second-order valence-corrected chi connectivity index (χ2v) is 6.70. The molecule has 2 atom stereocenters. The van der Waals surface area contributed by atoms with Gasteiger partial charge >= 0.3 is 0 Å². The van der Waals surface area contributed by atoms with Crippen molar-refractivity contribution in [3.63, 3.8) is 0 Å². The van der Waals surface area contributed by atoms with Gasteiger partial charge in [0.1, 0.15) is 5.82 Å². The predicted octanol–water partition coefficient (Wildman–Crippen LogP) is 1.80. The molecule has 2 rings (SSSR count). The minimum Gasteiger partial charge on any atom is -0.378 e. The van der Waals surface area contributed by atoms with E-state index in [0.717, 1.165) is 6.42 Å². The molecule has 0 heterocycles. The van der Waals surface area contributed by atoms with E-state index >= 15 is 0 Å². The van der Waals surface area contributed by atoms with Gasteiger partial charge in [-0.15, -0.1) is 0 Å². The molecular formula is C18H25FN2O3. The Balaban J connectivity index is 1.73. The van der Waals surface area contributed by atoms with Gasteiger partial charge in [0.25, 0.3) is 0 Å². The van der Waals surface area contributed by atoms with Crippen molar-refractivity contribution >= 4 is 11.8 Å². The highest BCUT2D eigenvalue weighted by molar-refractivity contribution is 5.85. The fourth-order valence-corrected chi connectivity index (χ4v) is 2.93. The summed E-state index contributed by atoms with van der Waals surface area (Å²) in [5.74, 6) is -0.916. The van der Waals surface area contributed by atoms with Gasteiger partial charge in [-0.2, -0.15) is 0 Å². The van der Waals surface area contributed by atoms with E-state index in [1.54, 1.807) is 12.1 Å². The van der Waals surface area contributed by atoms with Crippen LogP contribution in [0.15, 0.2) is 24.3 Å². The first-order chi connectivity index (χ1) is 11.3. The normalized spacial score (nSPS) is 21.7. The molecule has 0 aliphatic heterocycles. The second kappa shape index (κ2) is 7.75. The molecule has 6 heteroatoms. The summed E-state index contributed by atoms with van der Waals surface area (Å²) in [5.41, 5.74) is 0.463. The smallest absolute Gasteiger partial charge is 0.239 e. The van der Waals surface area contributed by atoms with E-state index in [9.17, 15) is 14.0 Å². The van der Waals surface area contributed by atoms with Crippen LogP contribution >= 0.6 is 0 Å².